The highest BCUT2D eigenvalue weighted by molar-refractivity contribution is 6.01. The molecule has 2 heterocycles. The van der Waals surface area contributed by atoms with Crippen molar-refractivity contribution in [2.24, 2.45) is 11.8 Å². The number of aryl methyl sites for hydroxylation is 1. The first-order valence-corrected chi connectivity index (χ1v) is 16.1. The summed E-state index contributed by atoms with van der Waals surface area (Å²) in [5.74, 6) is -2.24. The van der Waals surface area contributed by atoms with Gasteiger partial charge >= 0.3 is 6.03 Å². The van der Waals surface area contributed by atoms with Crippen molar-refractivity contribution in [3.05, 3.63) is 41.0 Å². The molecule has 2 fully saturated rings. The number of carbonyl (C=O) groups is 4. The number of aromatic nitrogens is 2. The van der Waals surface area contributed by atoms with Crippen LogP contribution in [0.1, 0.15) is 74.1 Å². The van der Waals surface area contributed by atoms with E-state index in [0.29, 0.717) is 49.8 Å². The van der Waals surface area contributed by atoms with Crippen LogP contribution in [0.25, 0.3) is 0 Å². The van der Waals surface area contributed by atoms with Crippen molar-refractivity contribution in [2.45, 2.75) is 70.9 Å². The van der Waals surface area contributed by atoms with E-state index in [9.17, 15) is 19.2 Å². The second-order valence-corrected chi connectivity index (χ2v) is 12.9. The number of nitrogens with zero attached hydrogens (tertiary/aromatic N) is 5. The molecule has 1 aromatic carbocycles. The lowest BCUT2D eigenvalue weighted by molar-refractivity contribution is -0.135. The highest BCUT2D eigenvalue weighted by Gasteiger charge is 2.36. The van der Waals surface area contributed by atoms with Gasteiger partial charge in [0.15, 0.2) is 5.69 Å². The third-order valence-corrected chi connectivity index (χ3v) is 9.25. The molecule has 1 aliphatic heterocycles. The smallest absolute Gasteiger partial charge is 0.317 e. The Morgan fingerprint density at radius 1 is 1.04 bits per heavy atom. The van der Waals surface area contributed by atoms with Crippen LogP contribution in [0, 0.1) is 17.7 Å². The molecule has 14 heteroatoms. The van der Waals surface area contributed by atoms with E-state index in [1.54, 1.807) is 32.0 Å². The molecule has 46 heavy (non-hydrogen) atoms. The monoisotopic (exact) mass is 642 g/mol. The SMILES string of the molecule is CCc1nonc1C(=O)N[C@H](C(=O)Nc1ccc([C@H](C)[C@@H](NC(=O)N(C)C)C(=O)N2CCN(C)CC2)cc1F)[C@H]1CC[C@H](C)CC1. The second-order valence-electron chi connectivity index (χ2n) is 12.9. The van der Waals surface area contributed by atoms with Crippen LogP contribution in [-0.4, -0.2) is 108 Å². The molecule has 3 N–H and O–H groups in total. The molecular formula is C32H47FN8O5. The largest absolute Gasteiger partial charge is 0.338 e. The molecule has 13 nitrogen and oxygen atoms in total. The summed E-state index contributed by atoms with van der Waals surface area (Å²) in [6.07, 6.45) is 3.72. The van der Waals surface area contributed by atoms with Crippen molar-refractivity contribution in [3.8, 4) is 0 Å². The first-order valence-electron chi connectivity index (χ1n) is 16.1. The molecule has 1 saturated heterocycles. The van der Waals surface area contributed by atoms with Gasteiger partial charge in [-0.1, -0.05) is 44.8 Å². The maximum absolute atomic E-state index is 15.6. The lowest BCUT2D eigenvalue weighted by atomic mass is 9.79. The van der Waals surface area contributed by atoms with Crippen LogP contribution in [-0.2, 0) is 16.0 Å². The van der Waals surface area contributed by atoms with Crippen molar-refractivity contribution in [2.75, 3.05) is 52.6 Å². The standard InChI is InChI=1S/C32H47FN8O5/c1-7-24-28(38-46-37-24)30(43)35-27(21-10-8-19(2)9-11-21)29(42)34-25-13-12-22(18-23(25)33)20(3)26(36-32(45)39(4)5)31(44)41-16-14-40(6)15-17-41/h12-13,18-21,26-27H,7-11,14-17H2,1-6H3,(H,34,42)(H,35,43)(H,36,45)/t19-,20-,21-,26+,27-/m0/s1. The van der Waals surface area contributed by atoms with E-state index in [4.69, 9.17) is 4.63 Å². The number of benzene rings is 1. The predicted molar refractivity (Wildman–Crippen MR) is 170 cm³/mol. The van der Waals surface area contributed by atoms with Gasteiger partial charge in [-0.05, 0) is 61.0 Å². The van der Waals surface area contributed by atoms with Gasteiger partial charge in [0.25, 0.3) is 5.91 Å². The average molecular weight is 643 g/mol. The first kappa shape index (κ1) is 34.8. The summed E-state index contributed by atoms with van der Waals surface area (Å²) in [4.78, 5) is 58.2. The number of rotatable bonds is 10. The van der Waals surface area contributed by atoms with Crippen molar-refractivity contribution < 1.29 is 28.2 Å². The lowest BCUT2D eigenvalue weighted by Crippen LogP contribution is -2.56. The topological polar surface area (TPSA) is 153 Å². The second kappa shape index (κ2) is 15.5. The zero-order valence-corrected chi connectivity index (χ0v) is 27.6. The number of hydrogen-bond donors (Lipinski definition) is 3. The Kier molecular flexibility index (Phi) is 11.7. The van der Waals surface area contributed by atoms with E-state index in [1.807, 2.05) is 14.0 Å². The molecule has 1 aromatic heterocycles. The van der Waals surface area contributed by atoms with E-state index in [1.165, 1.54) is 17.0 Å². The highest BCUT2D eigenvalue weighted by Crippen LogP contribution is 2.32. The predicted octanol–water partition coefficient (Wildman–Crippen LogP) is 2.85. The number of hydrogen-bond acceptors (Lipinski definition) is 8. The Labute approximate surface area is 269 Å². The fraction of sp³-hybridized carbons (Fsp3) is 0.625. The normalized spacial score (nSPS) is 20.7. The zero-order chi connectivity index (χ0) is 33.5. The summed E-state index contributed by atoms with van der Waals surface area (Å²) >= 11 is 0. The van der Waals surface area contributed by atoms with E-state index in [0.717, 1.165) is 25.7 Å². The van der Waals surface area contributed by atoms with Gasteiger partial charge in [0.2, 0.25) is 11.8 Å². The summed E-state index contributed by atoms with van der Waals surface area (Å²) in [5, 5.41) is 15.8. The third-order valence-electron chi connectivity index (χ3n) is 9.25. The van der Waals surface area contributed by atoms with Gasteiger partial charge in [-0.2, -0.15) is 0 Å². The Morgan fingerprint density at radius 2 is 1.72 bits per heavy atom. The summed E-state index contributed by atoms with van der Waals surface area (Å²) in [5.41, 5.74) is 0.840. The van der Waals surface area contributed by atoms with Crippen molar-refractivity contribution in [1.29, 1.82) is 0 Å². The van der Waals surface area contributed by atoms with E-state index >= 15 is 4.39 Å². The average Bonchev–Trinajstić information content (AvgIpc) is 3.52. The number of anilines is 1. The van der Waals surface area contributed by atoms with Gasteiger partial charge < -0.3 is 30.7 Å². The maximum Gasteiger partial charge on any atom is 0.317 e. The lowest BCUT2D eigenvalue weighted by Gasteiger charge is -2.36. The maximum atomic E-state index is 15.6. The number of likely N-dealkylation sites (N-methyl/N-ethyl adjacent to an activating group) is 1. The summed E-state index contributed by atoms with van der Waals surface area (Å²) in [6, 6.07) is 2.08. The van der Waals surface area contributed by atoms with Gasteiger partial charge in [0.05, 0.1) is 5.69 Å². The van der Waals surface area contributed by atoms with Crippen LogP contribution < -0.4 is 16.0 Å². The Bertz CT molecular complexity index is 1380. The summed E-state index contributed by atoms with van der Waals surface area (Å²) in [6.45, 7) is 8.23. The zero-order valence-electron chi connectivity index (χ0n) is 27.6. The molecule has 3 atom stereocenters. The number of piperazine rings is 1. The number of carbonyl (C=O) groups excluding carboxylic acids is 4. The Morgan fingerprint density at radius 3 is 2.33 bits per heavy atom. The Hall–Kier alpha value is -4.07. The summed E-state index contributed by atoms with van der Waals surface area (Å²) in [7, 11) is 5.16. The minimum absolute atomic E-state index is 0.0241. The molecule has 5 amide bonds. The number of nitrogens with one attached hydrogen (secondary N) is 3. The fourth-order valence-electron chi connectivity index (χ4n) is 6.04. The minimum atomic E-state index is -0.925. The first-order chi connectivity index (χ1) is 21.9. The van der Waals surface area contributed by atoms with Crippen LogP contribution in [0.3, 0.4) is 0 Å². The fourth-order valence-corrected chi connectivity index (χ4v) is 6.04. The molecule has 2 aromatic rings. The molecule has 4 rings (SSSR count). The van der Waals surface area contributed by atoms with E-state index in [2.05, 4.69) is 38.1 Å². The van der Waals surface area contributed by atoms with Crippen LogP contribution in [0.2, 0.25) is 0 Å². The van der Waals surface area contributed by atoms with Crippen molar-refractivity contribution >= 4 is 29.4 Å². The van der Waals surface area contributed by atoms with E-state index < -0.39 is 41.7 Å². The van der Waals surface area contributed by atoms with Crippen LogP contribution >= 0.6 is 0 Å². The van der Waals surface area contributed by atoms with Crippen LogP contribution in [0.4, 0.5) is 14.9 Å². The van der Waals surface area contributed by atoms with Crippen LogP contribution in [0.5, 0.6) is 0 Å². The molecule has 0 radical (unpaired) electrons. The molecule has 1 aliphatic carbocycles. The minimum Gasteiger partial charge on any atom is -0.338 e. The van der Waals surface area contributed by atoms with Gasteiger partial charge in [-0.15, -0.1) is 0 Å². The quantitative estimate of drug-likeness (QED) is 0.358. The van der Waals surface area contributed by atoms with Gasteiger partial charge in [-0.3, -0.25) is 14.4 Å². The Balaban J connectivity index is 1.53. The van der Waals surface area contributed by atoms with Gasteiger partial charge in [0, 0.05) is 46.2 Å². The molecule has 0 bridgehead atoms. The number of urea groups is 1. The molecular weight excluding hydrogens is 595 g/mol. The van der Waals surface area contributed by atoms with E-state index in [-0.39, 0.29) is 23.2 Å². The van der Waals surface area contributed by atoms with Crippen LogP contribution in [0.15, 0.2) is 22.8 Å². The highest BCUT2D eigenvalue weighted by atomic mass is 19.1. The molecule has 0 spiro atoms. The molecule has 252 valence electrons. The van der Waals surface area contributed by atoms with Crippen molar-refractivity contribution in [1.82, 2.24) is 35.6 Å². The van der Waals surface area contributed by atoms with Crippen molar-refractivity contribution in [3.63, 3.8) is 0 Å². The third kappa shape index (κ3) is 8.39. The van der Waals surface area contributed by atoms with Gasteiger partial charge in [0.1, 0.15) is 23.6 Å². The summed E-state index contributed by atoms with van der Waals surface area (Å²) < 4.78 is 20.4. The molecule has 2 aliphatic rings. The number of halogens is 1. The molecule has 0 unspecified atom stereocenters. The molecule has 1 saturated carbocycles. The number of amides is 5. The van der Waals surface area contributed by atoms with Gasteiger partial charge in [-0.25, -0.2) is 13.8 Å².